The maximum Gasteiger partial charge on any atom is 0.166 e. The van der Waals surface area contributed by atoms with Gasteiger partial charge in [-0.1, -0.05) is 0 Å². The van der Waals surface area contributed by atoms with Gasteiger partial charge in [0.05, 0.1) is 12.7 Å². The zero-order valence-corrected chi connectivity index (χ0v) is 10.7. The van der Waals surface area contributed by atoms with Gasteiger partial charge in [0, 0.05) is 12.3 Å². The lowest BCUT2D eigenvalue weighted by Crippen LogP contribution is -2.04. The number of Topliss-reactive ketones (excluding diaryl/α,β-unsaturated/α-hetero) is 1. The molecule has 0 aromatic heterocycles. The van der Waals surface area contributed by atoms with Crippen LogP contribution in [0.15, 0.2) is 12.1 Å². The molecule has 0 saturated heterocycles. The molecule has 1 aromatic carbocycles. The van der Waals surface area contributed by atoms with Crippen molar-refractivity contribution in [2.45, 2.75) is 26.7 Å². The van der Waals surface area contributed by atoms with Crippen molar-refractivity contribution in [3.8, 4) is 5.75 Å². The van der Waals surface area contributed by atoms with Crippen LogP contribution < -0.4 is 4.74 Å². The minimum atomic E-state index is 0.0978. The maximum absolute atomic E-state index is 11.9. The van der Waals surface area contributed by atoms with Gasteiger partial charge in [0.25, 0.3) is 0 Å². The predicted octanol–water partition coefficient (Wildman–Crippen LogP) is 3.51. The summed E-state index contributed by atoms with van der Waals surface area (Å²) < 4.78 is 5.23. The Morgan fingerprint density at radius 1 is 1.31 bits per heavy atom. The van der Waals surface area contributed by atoms with Crippen molar-refractivity contribution in [3.63, 3.8) is 0 Å². The van der Waals surface area contributed by atoms with Crippen LogP contribution in [0.2, 0.25) is 0 Å². The lowest BCUT2D eigenvalue weighted by molar-refractivity contribution is 0.0979. The fourth-order valence-electron chi connectivity index (χ4n) is 1.54. The molecule has 0 unspecified atom stereocenters. The molecule has 1 rings (SSSR count). The van der Waals surface area contributed by atoms with Crippen LogP contribution >= 0.6 is 11.6 Å². The van der Waals surface area contributed by atoms with E-state index < -0.39 is 0 Å². The summed E-state index contributed by atoms with van der Waals surface area (Å²) in [5.41, 5.74) is 2.90. The van der Waals surface area contributed by atoms with Gasteiger partial charge in [-0.2, -0.15) is 0 Å². The van der Waals surface area contributed by atoms with Crippen molar-refractivity contribution >= 4 is 17.4 Å². The summed E-state index contributed by atoms with van der Waals surface area (Å²) in [5, 5.41) is 0. The smallest absolute Gasteiger partial charge is 0.166 e. The normalized spacial score (nSPS) is 10.2. The van der Waals surface area contributed by atoms with Crippen LogP contribution in [-0.4, -0.2) is 18.8 Å². The minimum Gasteiger partial charge on any atom is -0.496 e. The third-order valence-corrected chi connectivity index (χ3v) is 2.92. The Morgan fingerprint density at radius 3 is 2.50 bits per heavy atom. The first-order chi connectivity index (χ1) is 7.60. The highest BCUT2D eigenvalue weighted by Crippen LogP contribution is 2.24. The summed E-state index contributed by atoms with van der Waals surface area (Å²) in [6.45, 7) is 4.00. The Bertz CT molecular complexity index is 386. The summed E-state index contributed by atoms with van der Waals surface area (Å²) >= 11 is 5.58. The number of carbonyl (C=O) groups is 1. The molecule has 16 heavy (non-hydrogen) atoms. The summed E-state index contributed by atoms with van der Waals surface area (Å²) in [5.74, 6) is 1.27. The summed E-state index contributed by atoms with van der Waals surface area (Å²) in [6, 6.07) is 3.80. The summed E-state index contributed by atoms with van der Waals surface area (Å²) in [4.78, 5) is 11.9. The third kappa shape index (κ3) is 2.99. The average Bonchev–Trinajstić information content (AvgIpc) is 2.28. The molecule has 0 aliphatic rings. The number of rotatable bonds is 5. The van der Waals surface area contributed by atoms with E-state index in [2.05, 4.69) is 0 Å². The van der Waals surface area contributed by atoms with E-state index in [1.807, 2.05) is 26.0 Å². The number of halogens is 1. The zero-order valence-electron chi connectivity index (χ0n) is 9.97. The number of carbonyl (C=O) groups excluding carboxylic acids is 1. The fourth-order valence-corrected chi connectivity index (χ4v) is 1.67. The van der Waals surface area contributed by atoms with Crippen molar-refractivity contribution in [2.24, 2.45) is 0 Å². The number of benzene rings is 1. The van der Waals surface area contributed by atoms with Crippen LogP contribution in [0.3, 0.4) is 0 Å². The van der Waals surface area contributed by atoms with Gasteiger partial charge in [-0.05, 0) is 43.5 Å². The highest BCUT2D eigenvalue weighted by molar-refractivity contribution is 6.18. The van der Waals surface area contributed by atoms with E-state index in [4.69, 9.17) is 16.3 Å². The van der Waals surface area contributed by atoms with E-state index in [0.29, 0.717) is 30.0 Å². The van der Waals surface area contributed by atoms with Crippen molar-refractivity contribution in [3.05, 3.63) is 28.8 Å². The molecule has 0 N–H and O–H groups in total. The Labute approximate surface area is 102 Å². The van der Waals surface area contributed by atoms with Gasteiger partial charge in [-0.15, -0.1) is 11.6 Å². The van der Waals surface area contributed by atoms with E-state index in [1.165, 1.54) is 0 Å². The Balaban J connectivity index is 3.02. The first-order valence-corrected chi connectivity index (χ1v) is 5.88. The van der Waals surface area contributed by atoms with Gasteiger partial charge in [0.1, 0.15) is 5.75 Å². The molecule has 0 spiro atoms. The number of aryl methyl sites for hydroxylation is 2. The molecule has 88 valence electrons. The number of ether oxygens (including phenoxy) is 1. The van der Waals surface area contributed by atoms with Crippen LogP contribution in [-0.2, 0) is 0 Å². The van der Waals surface area contributed by atoms with Crippen molar-refractivity contribution in [2.75, 3.05) is 13.0 Å². The maximum atomic E-state index is 11.9. The van der Waals surface area contributed by atoms with Crippen LogP contribution in [0.5, 0.6) is 5.75 Å². The van der Waals surface area contributed by atoms with Gasteiger partial charge < -0.3 is 4.74 Å². The van der Waals surface area contributed by atoms with Gasteiger partial charge >= 0.3 is 0 Å². The molecule has 3 heteroatoms. The van der Waals surface area contributed by atoms with Crippen molar-refractivity contribution in [1.82, 2.24) is 0 Å². The zero-order chi connectivity index (χ0) is 12.1. The van der Waals surface area contributed by atoms with Gasteiger partial charge in [-0.25, -0.2) is 0 Å². The fraction of sp³-hybridized carbons (Fsp3) is 0.462. The molecule has 1 aromatic rings. The van der Waals surface area contributed by atoms with E-state index in [-0.39, 0.29) is 5.78 Å². The first-order valence-electron chi connectivity index (χ1n) is 5.34. The molecule has 0 heterocycles. The van der Waals surface area contributed by atoms with Crippen molar-refractivity contribution < 1.29 is 9.53 Å². The number of ketones is 1. The quantitative estimate of drug-likeness (QED) is 0.582. The molecule has 2 nitrogen and oxygen atoms in total. The van der Waals surface area contributed by atoms with Gasteiger partial charge in [0.2, 0.25) is 0 Å². The highest BCUT2D eigenvalue weighted by atomic mass is 35.5. The second-order valence-electron chi connectivity index (χ2n) is 3.85. The van der Waals surface area contributed by atoms with Crippen LogP contribution in [0.4, 0.5) is 0 Å². The SMILES string of the molecule is COc1cc(C)c(C)cc1C(=O)CCCCl. The summed E-state index contributed by atoms with van der Waals surface area (Å²) in [6.07, 6.45) is 1.18. The van der Waals surface area contributed by atoms with E-state index in [1.54, 1.807) is 7.11 Å². The average molecular weight is 241 g/mol. The Kier molecular flexibility index (Phi) is 4.81. The molecule has 0 aliphatic carbocycles. The Morgan fingerprint density at radius 2 is 1.94 bits per heavy atom. The number of methoxy groups -OCH3 is 1. The second kappa shape index (κ2) is 5.90. The van der Waals surface area contributed by atoms with Gasteiger partial charge in [-0.3, -0.25) is 4.79 Å². The Hall–Kier alpha value is -1.02. The van der Waals surface area contributed by atoms with Crippen molar-refractivity contribution in [1.29, 1.82) is 0 Å². The molecular formula is C13H17ClO2. The molecule has 0 radical (unpaired) electrons. The lowest BCUT2D eigenvalue weighted by atomic mass is 10.00. The number of alkyl halides is 1. The standard InChI is InChI=1S/C13H17ClO2/c1-9-7-11(12(15)5-4-6-14)13(16-3)8-10(9)2/h7-8H,4-6H2,1-3H3. The topological polar surface area (TPSA) is 26.3 Å². The minimum absolute atomic E-state index is 0.0978. The molecule has 0 aliphatic heterocycles. The van der Waals surface area contributed by atoms with Crippen LogP contribution in [0, 0.1) is 13.8 Å². The highest BCUT2D eigenvalue weighted by Gasteiger charge is 2.13. The van der Waals surface area contributed by atoms with E-state index >= 15 is 0 Å². The molecule has 0 fully saturated rings. The molecule has 0 amide bonds. The predicted molar refractivity (Wildman–Crippen MR) is 66.8 cm³/mol. The lowest BCUT2D eigenvalue weighted by Gasteiger charge is -2.10. The molecular weight excluding hydrogens is 224 g/mol. The number of hydrogen-bond donors (Lipinski definition) is 0. The van der Waals surface area contributed by atoms with E-state index in [9.17, 15) is 4.79 Å². The third-order valence-electron chi connectivity index (χ3n) is 2.65. The molecule has 0 bridgehead atoms. The molecule has 0 saturated carbocycles. The summed E-state index contributed by atoms with van der Waals surface area (Å²) in [7, 11) is 1.59. The monoisotopic (exact) mass is 240 g/mol. The van der Waals surface area contributed by atoms with E-state index in [0.717, 1.165) is 11.1 Å². The molecule has 0 atom stereocenters. The second-order valence-corrected chi connectivity index (χ2v) is 4.23. The largest absolute Gasteiger partial charge is 0.496 e. The van der Waals surface area contributed by atoms with Gasteiger partial charge in [0.15, 0.2) is 5.78 Å². The van der Waals surface area contributed by atoms with Crippen LogP contribution in [0.1, 0.15) is 34.3 Å². The van der Waals surface area contributed by atoms with Crippen LogP contribution in [0.25, 0.3) is 0 Å². The first kappa shape index (κ1) is 13.0. The number of hydrogen-bond acceptors (Lipinski definition) is 2.